The second kappa shape index (κ2) is 7.24. The first-order valence-corrected chi connectivity index (χ1v) is 6.31. The smallest absolute Gasteiger partial charge is 0.323 e. The molecule has 0 unspecified atom stereocenters. The lowest BCUT2D eigenvalue weighted by atomic mass is 10.4. The summed E-state index contributed by atoms with van der Waals surface area (Å²) in [7, 11) is 0. The molecule has 1 rings (SSSR count). The van der Waals surface area contributed by atoms with Crippen LogP contribution < -0.4 is 5.32 Å². The molecule has 9 heteroatoms. The van der Waals surface area contributed by atoms with E-state index in [1.165, 1.54) is 11.3 Å². The number of aliphatic carboxylic acids is 2. The SMILES string of the molecule is O=C(O)CN(CC(=O)O)C(=O)CNC(=O)c1cccs1. The molecular formula is C11H12N2O6S. The van der Waals surface area contributed by atoms with E-state index >= 15 is 0 Å². The van der Waals surface area contributed by atoms with E-state index in [1.807, 2.05) is 0 Å². The highest BCUT2D eigenvalue weighted by Gasteiger charge is 2.20. The Bertz CT molecular complexity index is 497. The number of thiophene rings is 1. The molecule has 0 fully saturated rings. The van der Waals surface area contributed by atoms with Crippen molar-refractivity contribution >= 4 is 35.1 Å². The van der Waals surface area contributed by atoms with Crippen LogP contribution in [-0.2, 0) is 14.4 Å². The topological polar surface area (TPSA) is 124 Å². The molecule has 1 aromatic rings. The maximum atomic E-state index is 11.7. The number of nitrogens with one attached hydrogen (secondary N) is 1. The molecular weight excluding hydrogens is 288 g/mol. The van der Waals surface area contributed by atoms with E-state index in [0.29, 0.717) is 9.78 Å². The quantitative estimate of drug-likeness (QED) is 0.622. The molecule has 0 aromatic carbocycles. The summed E-state index contributed by atoms with van der Waals surface area (Å²) in [4.78, 5) is 45.4. The van der Waals surface area contributed by atoms with Crippen LogP contribution in [0.5, 0.6) is 0 Å². The molecule has 0 radical (unpaired) electrons. The molecule has 0 saturated heterocycles. The van der Waals surface area contributed by atoms with Gasteiger partial charge in [0.1, 0.15) is 13.1 Å². The summed E-state index contributed by atoms with van der Waals surface area (Å²) in [6.07, 6.45) is 0. The van der Waals surface area contributed by atoms with Crippen LogP contribution in [0.15, 0.2) is 17.5 Å². The van der Waals surface area contributed by atoms with E-state index in [0.717, 1.165) is 0 Å². The minimum Gasteiger partial charge on any atom is -0.480 e. The van der Waals surface area contributed by atoms with Crippen LogP contribution in [0.4, 0.5) is 0 Å². The first-order valence-electron chi connectivity index (χ1n) is 5.43. The Kier molecular flexibility index (Phi) is 5.66. The fourth-order valence-corrected chi connectivity index (χ4v) is 1.96. The molecule has 0 bridgehead atoms. The second-order valence-corrected chi connectivity index (χ2v) is 4.64. The number of nitrogens with zero attached hydrogens (tertiary/aromatic N) is 1. The van der Waals surface area contributed by atoms with E-state index < -0.39 is 43.4 Å². The Morgan fingerprint density at radius 3 is 2.20 bits per heavy atom. The first-order chi connectivity index (χ1) is 9.40. The van der Waals surface area contributed by atoms with Crippen LogP contribution in [0.3, 0.4) is 0 Å². The molecule has 0 spiro atoms. The first kappa shape index (κ1) is 15.6. The third kappa shape index (κ3) is 5.06. The van der Waals surface area contributed by atoms with Gasteiger partial charge >= 0.3 is 11.9 Å². The van der Waals surface area contributed by atoms with Gasteiger partial charge in [-0.25, -0.2) is 0 Å². The molecule has 2 amide bonds. The van der Waals surface area contributed by atoms with E-state index in [9.17, 15) is 19.2 Å². The number of amides is 2. The van der Waals surface area contributed by atoms with Crippen molar-refractivity contribution in [3.05, 3.63) is 22.4 Å². The molecule has 0 aliphatic heterocycles. The van der Waals surface area contributed by atoms with E-state index in [-0.39, 0.29) is 0 Å². The highest BCUT2D eigenvalue weighted by Crippen LogP contribution is 2.07. The number of carbonyl (C=O) groups excluding carboxylic acids is 2. The van der Waals surface area contributed by atoms with Crippen LogP contribution in [-0.4, -0.2) is 58.5 Å². The monoisotopic (exact) mass is 300 g/mol. The largest absolute Gasteiger partial charge is 0.480 e. The summed E-state index contributed by atoms with van der Waals surface area (Å²) in [6.45, 7) is -1.93. The van der Waals surface area contributed by atoms with Gasteiger partial charge in [-0.3, -0.25) is 19.2 Å². The van der Waals surface area contributed by atoms with Crippen LogP contribution >= 0.6 is 11.3 Å². The van der Waals surface area contributed by atoms with Gasteiger partial charge < -0.3 is 20.4 Å². The molecule has 3 N–H and O–H groups in total. The molecule has 1 aromatic heterocycles. The normalized spacial score (nSPS) is 9.80. The summed E-state index contributed by atoms with van der Waals surface area (Å²) < 4.78 is 0. The lowest BCUT2D eigenvalue weighted by Gasteiger charge is -2.18. The number of carbonyl (C=O) groups is 4. The Morgan fingerprint density at radius 1 is 1.15 bits per heavy atom. The lowest BCUT2D eigenvalue weighted by molar-refractivity contribution is -0.148. The van der Waals surface area contributed by atoms with Crippen molar-refractivity contribution in [3.8, 4) is 0 Å². The third-order valence-corrected chi connectivity index (χ3v) is 3.02. The van der Waals surface area contributed by atoms with Crippen molar-refractivity contribution in [3.63, 3.8) is 0 Å². The van der Waals surface area contributed by atoms with Crippen molar-refractivity contribution in [1.29, 1.82) is 0 Å². The molecule has 0 saturated carbocycles. The Labute approximate surface area is 117 Å². The zero-order chi connectivity index (χ0) is 15.1. The van der Waals surface area contributed by atoms with Crippen molar-refractivity contribution in [2.24, 2.45) is 0 Å². The predicted octanol–water partition coefficient (Wildman–Crippen LogP) is -0.524. The molecule has 0 atom stereocenters. The molecule has 0 aliphatic carbocycles. The summed E-state index contributed by atoms with van der Waals surface area (Å²) >= 11 is 1.19. The van der Waals surface area contributed by atoms with Crippen LogP contribution in [0.1, 0.15) is 9.67 Å². The molecule has 108 valence electrons. The zero-order valence-electron chi connectivity index (χ0n) is 10.2. The average Bonchev–Trinajstić information content (AvgIpc) is 2.87. The number of carboxylic acid groups (broad SMARTS) is 2. The highest BCUT2D eigenvalue weighted by molar-refractivity contribution is 7.12. The number of rotatable bonds is 7. The zero-order valence-corrected chi connectivity index (χ0v) is 11.1. The van der Waals surface area contributed by atoms with Gasteiger partial charge in [0.15, 0.2) is 0 Å². The molecule has 20 heavy (non-hydrogen) atoms. The second-order valence-electron chi connectivity index (χ2n) is 3.70. The lowest BCUT2D eigenvalue weighted by Crippen LogP contribution is -2.44. The predicted molar refractivity (Wildman–Crippen MR) is 68.5 cm³/mol. The summed E-state index contributed by atoms with van der Waals surface area (Å²) in [5.74, 6) is -3.91. The van der Waals surface area contributed by atoms with Crippen molar-refractivity contribution in [2.75, 3.05) is 19.6 Å². The maximum absolute atomic E-state index is 11.7. The van der Waals surface area contributed by atoms with Crippen molar-refractivity contribution in [1.82, 2.24) is 10.2 Å². The Hall–Kier alpha value is -2.42. The van der Waals surface area contributed by atoms with E-state index in [4.69, 9.17) is 10.2 Å². The van der Waals surface area contributed by atoms with Gasteiger partial charge in [-0.1, -0.05) is 6.07 Å². The van der Waals surface area contributed by atoms with Gasteiger partial charge in [-0.15, -0.1) is 11.3 Å². The minimum atomic E-state index is -1.33. The number of hydrogen-bond acceptors (Lipinski definition) is 5. The number of carboxylic acids is 2. The number of hydrogen-bond donors (Lipinski definition) is 3. The maximum Gasteiger partial charge on any atom is 0.323 e. The fraction of sp³-hybridized carbons (Fsp3) is 0.273. The van der Waals surface area contributed by atoms with Crippen LogP contribution in [0, 0.1) is 0 Å². The van der Waals surface area contributed by atoms with Gasteiger partial charge in [-0.05, 0) is 11.4 Å². The van der Waals surface area contributed by atoms with Gasteiger partial charge in [0.05, 0.1) is 11.4 Å². The van der Waals surface area contributed by atoms with Gasteiger partial charge in [0.25, 0.3) is 5.91 Å². The molecule has 1 heterocycles. The summed E-state index contributed by atoms with van der Waals surface area (Å²) in [5.41, 5.74) is 0. The molecule has 0 aliphatic rings. The van der Waals surface area contributed by atoms with Crippen LogP contribution in [0.25, 0.3) is 0 Å². The fourth-order valence-electron chi connectivity index (χ4n) is 1.32. The average molecular weight is 300 g/mol. The van der Waals surface area contributed by atoms with Gasteiger partial charge in [0.2, 0.25) is 5.91 Å². The standard InChI is InChI=1S/C11H12N2O6S/c14-8(13(5-9(15)16)6-10(17)18)4-12-11(19)7-2-1-3-20-7/h1-3H,4-6H2,(H,12,19)(H,15,16)(H,17,18). The Balaban J connectivity index is 2.55. The van der Waals surface area contributed by atoms with E-state index in [1.54, 1.807) is 17.5 Å². The Morgan fingerprint density at radius 2 is 1.75 bits per heavy atom. The molecule has 8 nitrogen and oxygen atoms in total. The van der Waals surface area contributed by atoms with Crippen molar-refractivity contribution < 1.29 is 29.4 Å². The van der Waals surface area contributed by atoms with E-state index in [2.05, 4.69) is 5.32 Å². The van der Waals surface area contributed by atoms with Crippen molar-refractivity contribution in [2.45, 2.75) is 0 Å². The van der Waals surface area contributed by atoms with Crippen LogP contribution in [0.2, 0.25) is 0 Å². The van der Waals surface area contributed by atoms with Gasteiger partial charge in [0, 0.05) is 0 Å². The highest BCUT2D eigenvalue weighted by atomic mass is 32.1. The minimum absolute atomic E-state index is 0.404. The summed E-state index contributed by atoms with van der Waals surface area (Å²) in [5, 5.41) is 21.2. The summed E-state index contributed by atoms with van der Waals surface area (Å²) in [6, 6.07) is 3.24. The van der Waals surface area contributed by atoms with Gasteiger partial charge in [-0.2, -0.15) is 0 Å². The third-order valence-electron chi connectivity index (χ3n) is 2.15.